The minimum absolute atomic E-state index is 0.295. The second-order valence-corrected chi connectivity index (χ2v) is 7.97. The summed E-state index contributed by atoms with van der Waals surface area (Å²) in [6.07, 6.45) is 3.47. The van der Waals surface area contributed by atoms with Crippen LogP contribution in [0.1, 0.15) is 15.3 Å². The van der Waals surface area contributed by atoms with E-state index in [2.05, 4.69) is 5.10 Å². The van der Waals surface area contributed by atoms with Gasteiger partial charge >= 0.3 is 0 Å². The maximum absolute atomic E-state index is 12.6. The van der Waals surface area contributed by atoms with Crippen LogP contribution in [0.4, 0.5) is 0 Å². The minimum Gasteiger partial charge on any atom is -0.326 e. The van der Waals surface area contributed by atoms with Crippen LogP contribution in [-0.2, 0) is 30.2 Å². The van der Waals surface area contributed by atoms with Gasteiger partial charge in [-0.2, -0.15) is 9.40 Å². The molecule has 0 unspecified atom stereocenters. The first-order valence-corrected chi connectivity index (χ1v) is 8.33. The molecular formula is C12H18N4O2S2. The maximum atomic E-state index is 12.6. The van der Waals surface area contributed by atoms with E-state index in [9.17, 15) is 8.42 Å². The zero-order valence-corrected chi connectivity index (χ0v) is 13.3. The molecule has 0 aliphatic rings. The van der Waals surface area contributed by atoms with Gasteiger partial charge in [-0.25, -0.2) is 8.42 Å². The Labute approximate surface area is 122 Å². The second kappa shape index (κ2) is 5.65. The third-order valence-electron chi connectivity index (χ3n) is 2.98. The summed E-state index contributed by atoms with van der Waals surface area (Å²) in [5.74, 6) is 0. The quantitative estimate of drug-likeness (QED) is 0.895. The van der Waals surface area contributed by atoms with Crippen LogP contribution in [0.15, 0.2) is 23.4 Å². The fraction of sp³-hybridized carbons (Fsp3) is 0.417. The van der Waals surface area contributed by atoms with Gasteiger partial charge in [0.15, 0.2) is 0 Å². The molecule has 0 aliphatic carbocycles. The van der Waals surface area contributed by atoms with Crippen molar-refractivity contribution in [3.8, 4) is 0 Å². The first-order chi connectivity index (χ1) is 9.34. The number of aromatic nitrogens is 2. The summed E-state index contributed by atoms with van der Waals surface area (Å²) in [7, 11) is -0.126. The standard InChI is InChI=1S/C12H18N4O2S2/c1-9-12(4-11(5-13)19-9)20(17,18)16(3)8-10-6-14-15(2)7-10/h4,6-7H,5,8,13H2,1-3H3. The molecule has 0 aromatic carbocycles. The van der Waals surface area contributed by atoms with Crippen molar-refractivity contribution < 1.29 is 8.42 Å². The second-order valence-electron chi connectivity index (χ2n) is 4.62. The van der Waals surface area contributed by atoms with Gasteiger partial charge in [-0.15, -0.1) is 11.3 Å². The van der Waals surface area contributed by atoms with Crippen LogP contribution < -0.4 is 5.73 Å². The molecule has 20 heavy (non-hydrogen) atoms. The Balaban J connectivity index is 2.26. The molecule has 0 atom stereocenters. The Bertz CT molecular complexity index is 703. The lowest BCUT2D eigenvalue weighted by Gasteiger charge is -2.16. The summed E-state index contributed by atoms with van der Waals surface area (Å²) in [5, 5.41) is 4.04. The van der Waals surface area contributed by atoms with Crippen molar-refractivity contribution in [3.63, 3.8) is 0 Å². The molecule has 0 bridgehead atoms. The highest BCUT2D eigenvalue weighted by atomic mass is 32.2. The molecule has 2 N–H and O–H groups in total. The molecule has 0 aliphatic heterocycles. The minimum atomic E-state index is -3.50. The molecule has 0 saturated carbocycles. The molecule has 110 valence electrons. The number of thiophene rings is 1. The van der Waals surface area contributed by atoms with Crippen molar-refractivity contribution in [3.05, 3.63) is 33.8 Å². The molecular weight excluding hydrogens is 296 g/mol. The Morgan fingerprint density at radius 1 is 1.50 bits per heavy atom. The van der Waals surface area contributed by atoms with Crippen LogP contribution in [0.5, 0.6) is 0 Å². The summed E-state index contributed by atoms with van der Waals surface area (Å²) in [4.78, 5) is 1.98. The first kappa shape index (κ1) is 15.2. The highest BCUT2D eigenvalue weighted by Crippen LogP contribution is 2.28. The monoisotopic (exact) mass is 314 g/mol. The van der Waals surface area contributed by atoms with Gasteiger partial charge in [-0.1, -0.05) is 0 Å². The maximum Gasteiger partial charge on any atom is 0.244 e. The smallest absolute Gasteiger partial charge is 0.244 e. The number of nitrogens with two attached hydrogens (primary N) is 1. The molecule has 8 heteroatoms. The Morgan fingerprint density at radius 2 is 2.20 bits per heavy atom. The largest absolute Gasteiger partial charge is 0.326 e. The molecule has 0 fully saturated rings. The van der Waals surface area contributed by atoms with E-state index in [4.69, 9.17) is 5.73 Å². The summed E-state index contributed by atoms with van der Waals surface area (Å²) < 4.78 is 28.1. The summed E-state index contributed by atoms with van der Waals surface area (Å²) in [6, 6.07) is 1.66. The van der Waals surface area contributed by atoms with Crippen LogP contribution in [0.25, 0.3) is 0 Å². The van der Waals surface area contributed by atoms with Gasteiger partial charge < -0.3 is 5.73 Å². The van der Waals surface area contributed by atoms with E-state index in [0.29, 0.717) is 18.0 Å². The number of hydrogen-bond donors (Lipinski definition) is 1. The molecule has 6 nitrogen and oxygen atoms in total. The van der Waals surface area contributed by atoms with E-state index < -0.39 is 10.0 Å². The van der Waals surface area contributed by atoms with Crippen LogP contribution >= 0.6 is 11.3 Å². The van der Waals surface area contributed by atoms with Crippen LogP contribution in [0, 0.1) is 6.92 Å². The lowest BCUT2D eigenvalue weighted by Crippen LogP contribution is -2.26. The van der Waals surface area contributed by atoms with E-state index in [1.807, 2.05) is 0 Å². The SMILES string of the molecule is Cc1sc(CN)cc1S(=O)(=O)N(C)Cc1cnn(C)c1. The molecule has 0 saturated heterocycles. The third kappa shape index (κ3) is 2.93. The van der Waals surface area contributed by atoms with Gasteiger partial charge in [-0.05, 0) is 13.0 Å². The summed E-state index contributed by atoms with van der Waals surface area (Å²) >= 11 is 1.42. The predicted molar refractivity (Wildman–Crippen MR) is 78.8 cm³/mol. The molecule has 2 rings (SSSR count). The highest BCUT2D eigenvalue weighted by Gasteiger charge is 2.25. The molecule has 0 amide bonds. The zero-order chi connectivity index (χ0) is 14.9. The Hall–Kier alpha value is -1.22. The van der Waals surface area contributed by atoms with Crippen LogP contribution in [0.3, 0.4) is 0 Å². The number of nitrogens with zero attached hydrogens (tertiary/aromatic N) is 3. The lowest BCUT2D eigenvalue weighted by molar-refractivity contribution is 0.466. The molecule has 0 spiro atoms. The summed E-state index contributed by atoms with van der Waals surface area (Å²) in [6.45, 7) is 2.45. The van der Waals surface area contributed by atoms with Gasteiger partial charge in [0.2, 0.25) is 10.0 Å². The number of sulfonamides is 1. The van der Waals surface area contributed by atoms with Crippen molar-refractivity contribution in [2.75, 3.05) is 7.05 Å². The van der Waals surface area contributed by atoms with E-state index in [0.717, 1.165) is 15.3 Å². The van der Waals surface area contributed by atoms with E-state index in [1.54, 1.807) is 44.2 Å². The summed E-state index contributed by atoms with van der Waals surface area (Å²) in [5.41, 5.74) is 6.42. The number of aryl methyl sites for hydroxylation is 2. The van der Waals surface area contributed by atoms with Crippen LogP contribution in [0.2, 0.25) is 0 Å². The van der Waals surface area contributed by atoms with Gasteiger partial charge in [0.05, 0.1) is 11.1 Å². The Morgan fingerprint density at radius 3 is 2.70 bits per heavy atom. The van der Waals surface area contributed by atoms with Crippen molar-refractivity contribution in [2.24, 2.45) is 12.8 Å². The van der Waals surface area contributed by atoms with Gasteiger partial charge in [0.25, 0.3) is 0 Å². The van der Waals surface area contributed by atoms with E-state index >= 15 is 0 Å². The van der Waals surface area contributed by atoms with E-state index in [1.165, 1.54) is 15.6 Å². The van der Waals surface area contributed by atoms with E-state index in [-0.39, 0.29) is 0 Å². The van der Waals surface area contributed by atoms with Crippen molar-refractivity contribution in [2.45, 2.75) is 24.9 Å². The molecule has 2 heterocycles. The van der Waals surface area contributed by atoms with Crippen molar-refractivity contribution >= 4 is 21.4 Å². The number of hydrogen-bond acceptors (Lipinski definition) is 5. The van der Waals surface area contributed by atoms with Crippen molar-refractivity contribution in [1.82, 2.24) is 14.1 Å². The average molecular weight is 314 g/mol. The molecule has 2 aromatic rings. The Kier molecular flexibility index (Phi) is 4.28. The fourth-order valence-corrected chi connectivity index (χ4v) is 4.58. The topological polar surface area (TPSA) is 81.2 Å². The first-order valence-electron chi connectivity index (χ1n) is 6.08. The lowest BCUT2D eigenvalue weighted by atomic mass is 10.4. The van der Waals surface area contributed by atoms with Crippen LogP contribution in [-0.4, -0.2) is 29.6 Å². The average Bonchev–Trinajstić information content (AvgIpc) is 2.95. The normalized spacial score (nSPS) is 12.2. The predicted octanol–water partition coefficient (Wildman–Crippen LogP) is 1.07. The van der Waals surface area contributed by atoms with Gasteiger partial charge in [0, 0.05) is 48.7 Å². The fourth-order valence-electron chi connectivity index (χ4n) is 1.94. The number of rotatable bonds is 5. The third-order valence-corrected chi connectivity index (χ3v) is 6.11. The van der Waals surface area contributed by atoms with Gasteiger partial charge in [-0.3, -0.25) is 4.68 Å². The van der Waals surface area contributed by atoms with Gasteiger partial charge in [0.1, 0.15) is 0 Å². The molecule has 2 aromatic heterocycles. The zero-order valence-electron chi connectivity index (χ0n) is 11.7. The highest BCUT2D eigenvalue weighted by molar-refractivity contribution is 7.89. The molecule has 0 radical (unpaired) electrons. The van der Waals surface area contributed by atoms with Crippen molar-refractivity contribution in [1.29, 1.82) is 0 Å².